The number of aromatic nitrogens is 1. The van der Waals surface area contributed by atoms with E-state index in [4.69, 9.17) is 0 Å². The summed E-state index contributed by atoms with van der Waals surface area (Å²) >= 11 is 1.64. The minimum Gasteiger partial charge on any atom is -0.303 e. The van der Waals surface area contributed by atoms with E-state index >= 15 is 0 Å². The Morgan fingerprint density at radius 3 is 3.21 bits per heavy atom. The van der Waals surface area contributed by atoms with E-state index < -0.39 is 0 Å². The van der Waals surface area contributed by atoms with Gasteiger partial charge in [0.05, 0.1) is 15.7 Å². The maximum Gasteiger partial charge on any atom is 0.120 e. The van der Waals surface area contributed by atoms with Crippen molar-refractivity contribution in [1.82, 2.24) is 4.98 Å². The number of hydrogen-bond donors (Lipinski definition) is 0. The fourth-order valence-corrected chi connectivity index (χ4v) is 2.49. The van der Waals surface area contributed by atoms with Gasteiger partial charge in [-0.05, 0) is 17.5 Å². The smallest absolute Gasteiger partial charge is 0.120 e. The predicted octanol–water partition coefficient (Wildman–Crippen LogP) is 2.99. The molecule has 1 aromatic carbocycles. The average Bonchev–Trinajstić information content (AvgIpc) is 2.65. The molecule has 1 atom stereocenters. The van der Waals surface area contributed by atoms with Gasteiger partial charge in [-0.25, -0.2) is 4.98 Å². The second kappa shape index (κ2) is 3.88. The topological polar surface area (TPSA) is 30.0 Å². The van der Waals surface area contributed by atoms with Gasteiger partial charge in [0.2, 0.25) is 0 Å². The van der Waals surface area contributed by atoms with E-state index in [9.17, 15) is 4.79 Å². The summed E-state index contributed by atoms with van der Waals surface area (Å²) in [6, 6.07) is 6.08. The zero-order chi connectivity index (χ0) is 9.97. The highest BCUT2D eigenvalue weighted by Crippen LogP contribution is 2.29. The van der Waals surface area contributed by atoms with Crippen LogP contribution in [0.15, 0.2) is 23.7 Å². The number of fused-ring (bicyclic) bond motifs is 1. The van der Waals surface area contributed by atoms with Crippen molar-refractivity contribution in [2.75, 3.05) is 0 Å². The highest BCUT2D eigenvalue weighted by molar-refractivity contribution is 7.16. The van der Waals surface area contributed by atoms with E-state index in [1.807, 2.05) is 17.6 Å². The molecule has 0 bridgehead atoms. The van der Waals surface area contributed by atoms with Crippen LogP contribution in [0, 0.1) is 0 Å². The lowest BCUT2D eigenvalue weighted by molar-refractivity contribution is -0.108. The van der Waals surface area contributed by atoms with Crippen molar-refractivity contribution < 1.29 is 4.79 Å². The molecular formula is C11H11NOS. The van der Waals surface area contributed by atoms with E-state index in [1.54, 1.807) is 11.3 Å². The highest BCUT2D eigenvalue weighted by Gasteiger charge is 2.09. The Balaban J connectivity index is 2.50. The molecule has 14 heavy (non-hydrogen) atoms. The minimum atomic E-state index is 0.289. The molecule has 0 fully saturated rings. The lowest BCUT2D eigenvalue weighted by atomic mass is 9.98. The van der Waals surface area contributed by atoms with Crippen molar-refractivity contribution in [1.29, 1.82) is 0 Å². The third kappa shape index (κ3) is 1.55. The molecule has 72 valence electrons. The molecule has 0 aliphatic carbocycles. The van der Waals surface area contributed by atoms with Gasteiger partial charge < -0.3 is 4.79 Å². The normalized spacial score (nSPS) is 12.9. The van der Waals surface area contributed by atoms with Crippen molar-refractivity contribution in [3.8, 4) is 0 Å². The zero-order valence-corrected chi connectivity index (χ0v) is 8.75. The molecule has 1 heterocycles. The Labute approximate surface area is 86.6 Å². The molecule has 3 heteroatoms. The monoisotopic (exact) mass is 205 g/mol. The predicted molar refractivity (Wildman–Crippen MR) is 58.7 cm³/mol. The van der Waals surface area contributed by atoms with Crippen molar-refractivity contribution in [2.45, 2.75) is 19.3 Å². The molecule has 0 saturated heterocycles. The summed E-state index contributed by atoms with van der Waals surface area (Å²) in [6.45, 7) is 2.07. The molecule has 2 rings (SSSR count). The third-order valence-corrected chi connectivity index (χ3v) is 3.26. The molecule has 0 N–H and O–H groups in total. The van der Waals surface area contributed by atoms with Crippen molar-refractivity contribution in [3.63, 3.8) is 0 Å². The summed E-state index contributed by atoms with van der Waals surface area (Å²) in [6.07, 6.45) is 1.56. The quantitative estimate of drug-likeness (QED) is 0.721. The Hall–Kier alpha value is -1.22. The molecule has 0 aliphatic rings. The van der Waals surface area contributed by atoms with E-state index in [2.05, 4.69) is 18.0 Å². The van der Waals surface area contributed by atoms with Crippen molar-refractivity contribution in [3.05, 3.63) is 29.3 Å². The second-order valence-electron chi connectivity index (χ2n) is 3.35. The van der Waals surface area contributed by atoms with Gasteiger partial charge in [-0.15, -0.1) is 11.3 Å². The SMILES string of the molecule is CC(CC=O)c1cccc2ncsc12. The van der Waals surface area contributed by atoms with Gasteiger partial charge in [-0.3, -0.25) is 0 Å². The fraction of sp³-hybridized carbons (Fsp3) is 0.273. The second-order valence-corrected chi connectivity index (χ2v) is 4.21. The van der Waals surface area contributed by atoms with Gasteiger partial charge in [-0.1, -0.05) is 19.1 Å². The number of benzene rings is 1. The standard InChI is InChI=1S/C11H11NOS/c1-8(5-6-13)9-3-2-4-10-11(9)14-7-12-10/h2-4,6-8H,5H2,1H3. The van der Waals surface area contributed by atoms with Crippen LogP contribution >= 0.6 is 11.3 Å². The Morgan fingerprint density at radius 2 is 2.43 bits per heavy atom. The number of carbonyl (C=O) groups is 1. The highest BCUT2D eigenvalue weighted by atomic mass is 32.1. The molecule has 2 nitrogen and oxygen atoms in total. The van der Waals surface area contributed by atoms with Gasteiger partial charge >= 0.3 is 0 Å². The number of hydrogen-bond acceptors (Lipinski definition) is 3. The van der Waals surface area contributed by atoms with Crippen LogP contribution < -0.4 is 0 Å². The molecule has 2 aromatic rings. The minimum absolute atomic E-state index is 0.289. The Morgan fingerprint density at radius 1 is 1.57 bits per heavy atom. The first-order valence-electron chi connectivity index (χ1n) is 4.58. The van der Waals surface area contributed by atoms with Gasteiger partial charge in [0.15, 0.2) is 0 Å². The summed E-state index contributed by atoms with van der Waals surface area (Å²) in [5, 5.41) is 0. The van der Waals surface area contributed by atoms with Crippen LogP contribution in [0.25, 0.3) is 10.2 Å². The van der Waals surface area contributed by atoms with E-state index in [0.717, 1.165) is 11.8 Å². The van der Waals surface area contributed by atoms with E-state index in [0.29, 0.717) is 6.42 Å². The summed E-state index contributed by atoms with van der Waals surface area (Å²) < 4.78 is 1.21. The number of carbonyl (C=O) groups excluding carboxylic acids is 1. The maximum absolute atomic E-state index is 10.5. The Bertz CT molecular complexity index is 449. The summed E-state index contributed by atoms with van der Waals surface area (Å²) in [4.78, 5) is 14.7. The summed E-state index contributed by atoms with van der Waals surface area (Å²) in [7, 11) is 0. The number of rotatable bonds is 3. The lowest BCUT2D eigenvalue weighted by Gasteiger charge is -2.08. The van der Waals surface area contributed by atoms with Gasteiger partial charge in [0.1, 0.15) is 6.29 Å². The summed E-state index contributed by atoms with van der Waals surface area (Å²) in [5.74, 6) is 0.289. The first kappa shape index (κ1) is 9.34. The molecule has 1 unspecified atom stereocenters. The molecule has 0 spiro atoms. The number of aldehydes is 1. The third-order valence-electron chi connectivity index (χ3n) is 2.37. The van der Waals surface area contributed by atoms with Crippen LogP contribution in [0.1, 0.15) is 24.8 Å². The summed E-state index contributed by atoms with van der Waals surface area (Å²) in [5.41, 5.74) is 4.12. The largest absolute Gasteiger partial charge is 0.303 e. The van der Waals surface area contributed by atoms with Crippen LogP contribution in [0.4, 0.5) is 0 Å². The van der Waals surface area contributed by atoms with Crippen LogP contribution in [-0.4, -0.2) is 11.3 Å². The number of thiazole rings is 1. The van der Waals surface area contributed by atoms with E-state index in [1.165, 1.54) is 10.3 Å². The zero-order valence-electron chi connectivity index (χ0n) is 7.93. The van der Waals surface area contributed by atoms with Gasteiger partial charge in [0.25, 0.3) is 0 Å². The van der Waals surface area contributed by atoms with Crippen LogP contribution in [0.3, 0.4) is 0 Å². The van der Waals surface area contributed by atoms with Crippen LogP contribution in [0.2, 0.25) is 0 Å². The maximum atomic E-state index is 10.5. The molecular weight excluding hydrogens is 194 g/mol. The number of nitrogens with zero attached hydrogens (tertiary/aromatic N) is 1. The first-order valence-corrected chi connectivity index (χ1v) is 5.46. The van der Waals surface area contributed by atoms with Crippen LogP contribution in [0.5, 0.6) is 0 Å². The van der Waals surface area contributed by atoms with Crippen molar-refractivity contribution in [2.24, 2.45) is 0 Å². The molecule has 0 saturated carbocycles. The van der Waals surface area contributed by atoms with Crippen molar-refractivity contribution >= 4 is 27.8 Å². The van der Waals surface area contributed by atoms with Gasteiger partial charge in [-0.2, -0.15) is 0 Å². The molecule has 0 radical (unpaired) electrons. The average molecular weight is 205 g/mol. The molecule has 0 amide bonds. The van der Waals surface area contributed by atoms with E-state index in [-0.39, 0.29) is 5.92 Å². The molecule has 0 aliphatic heterocycles. The lowest BCUT2D eigenvalue weighted by Crippen LogP contribution is -1.94. The van der Waals surface area contributed by atoms with Crippen LogP contribution in [-0.2, 0) is 4.79 Å². The molecule has 1 aromatic heterocycles. The fourth-order valence-electron chi connectivity index (χ4n) is 1.57. The van der Waals surface area contributed by atoms with Gasteiger partial charge in [0, 0.05) is 6.42 Å². The first-order chi connectivity index (χ1) is 6.83. The Kier molecular flexibility index (Phi) is 2.59.